The van der Waals surface area contributed by atoms with Crippen LogP contribution in [0.15, 0.2) is 18.2 Å². The summed E-state index contributed by atoms with van der Waals surface area (Å²) in [6.07, 6.45) is -1.41. The van der Waals surface area contributed by atoms with E-state index in [1.54, 1.807) is 0 Å². The third kappa shape index (κ3) is 4.62. The summed E-state index contributed by atoms with van der Waals surface area (Å²) < 4.78 is 9.19. The number of carbonyl (C=O) groups is 2. The van der Waals surface area contributed by atoms with E-state index < -0.39 is 17.0 Å². The quantitative estimate of drug-likeness (QED) is 0.374. The van der Waals surface area contributed by atoms with Gasteiger partial charge in [0.1, 0.15) is 5.75 Å². The van der Waals surface area contributed by atoms with Crippen molar-refractivity contribution in [2.45, 2.75) is 13.3 Å². The van der Waals surface area contributed by atoms with Crippen molar-refractivity contribution >= 4 is 17.8 Å². The van der Waals surface area contributed by atoms with E-state index in [9.17, 15) is 19.7 Å². The molecule has 0 atom stereocenters. The van der Waals surface area contributed by atoms with E-state index in [-0.39, 0.29) is 30.0 Å². The summed E-state index contributed by atoms with van der Waals surface area (Å²) in [5.74, 6) is -0.517. The minimum absolute atomic E-state index is 0.0213. The van der Waals surface area contributed by atoms with Crippen molar-refractivity contribution in [3.8, 4) is 5.75 Å². The van der Waals surface area contributed by atoms with E-state index in [0.717, 1.165) is 6.07 Å². The number of nitrogens with zero attached hydrogens (tertiary/aromatic N) is 1. The van der Waals surface area contributed by atoms with E-state index in [0.29, 0.717) is 0 Å². The molecule has 1 aromatic rings. The van der Waals surface area contributed by atoms with Crippen LogP contribution in [0, 0.1) is 10.1 Å². The molecule has 0 saturated heterocycles. The molecule has 1 N–H and O–H groups in total. The summed E-state index contributed by atoms with van der Waals surface area (Å²) in [5.41, 5.74) is 0.0772. The predicted octanol–water partition coefficient (Wildman–Crippen LogP) is 1.76. The molecule has 0 saturated carbocycles. The highest BCUT2D eigenvalue weighted by Crippen LogP contribution is 2.25. The number of carboxylic acid groups (broad SMARTS) is 1. The maximum absolute atomic E-state index is 10.6. The van der Waals surface area contributed by atoms with Crippen molar-refractivity contribution in [1.82, 2.24) is 0 Å². The second-order valence-corrected chi connectivity index (χ2v) is 3.51. The zero-order chi connectivity index (χ0) is 14.4. The summed E-state index contributed by atoms with van der Waals surface area (Å²) in [7, 11) is 0. The standard InChI is InChI=1S/C11H11NO7/c1-7(13)18-5-4-8-6-9(12(16)17)2-3-10(8)19-11(14)15/h2-3,6H,4-5H2,1H3,(H,14,15). The molecule has 0 fully saturated rings. The zero-order valence-electron chi connectivity index (χ0n) is 9.99. The van der Waals surface area contributed by atoms with Crippen LogP contribution in [0.1, 0.15) is 12.5 Å². The van der Waals surface area contributed by atoms with Gasteiger partial charge >= 0.3 is 12.1 Å². The van der Waals surface area contributed by atoms with Crippen molar-refractivity contribution in [2.75, 3.05) is 6.61 Å². The van der Waals surface area contributed by atoms with Crippen LogP contribution >= 0.6 is 0 Å². The summed E-state index contributed by atoms with van der Waals surface area (Å²) >= 11 is 0. The molecule has 0 aliphatic rings. The average molecular weight is 269 g/mol. The van der Waals surface area contributed by atoms with E-state index >= 15 is 0 Å². The lowest BCUT2D eigenvalue weighted by Gasteiger charge is -2.08. The SMILES string of the molecule is CC(=O)OCCc1cc([N+](=O)[O-])ccc1OC(=O)O. The number of nitro groups is 1. The fraction of sp³-hybridized carbons (Fsp3) is 0.273. The average Bonchev–Trinajstić information content (AvgIpc) is 2.29. The largest absolute Gasteiger partial charge is 0.511 e. The molecular weight excluding hydrogens is 258 g/mol. The van der Waals surface area contributed by atoms with Crippen LogP contribution in [0.4, 0.5) is 10.5 Å². The van der Waals surface area contributed by atoms with E-state index in [1.807, 2.05) is 0 Å². The van der Waals surface area contributed by atoms with Gasteiger partial charge in [-0.05, 0) is 6.07 Å². The van der Waals surface area contributed by atoms with Gasteiger partial charge < -0.3 is 14.6 Å². The molecule has 1 aromatic carbocycles. The summed E-state index contributed by atoms with van der Waals surface area (Å²) in [4.78, 5) is 31.1. The lowest BCUT2D eigenvalue weighted by molar-refractivity contribution is -0.384. The molecule has 0 aromatic heterocycles. The lowest BCUT2D eigenvalue weighted by Crippen LogP contribution is -2.08. The van der Waals surface area contributed by atoms with Crippen molar-refractivity contribution < 1.29 is 29.1 Å². The molecule has 0 aliphatic heterocycles. The molecule has 102 valence electrons. The van der Waals surface area contributed by atoms with Crippen LogP contribution in [-0.2, 0) is 16.0 Å². The normalized spacial score (nSPS) is 9.74. The monoisotopic (exact) mass is 269 g/mol. The third-order valence-corrected chi connectivity index (χ3v) is 2.13. The van der Waals surface area contributed by atoms with Gasteiger partial charge in [-0.15, -0.1) is 0 Å². The number of carbonyl (C=O) groups excluding carboxylic acids is 1. The second-order valence-electron chi connectivity index (χ2n) is 3.51. The van der Waals surface area contributed by atoms with Crippen LogP contribution in [0.5, 0.6) is 5.75 Å². The Balaban J connectivity index is 2.93. The number of hydrogen-bond donors (Lipinski definition) is 1. The van der Waals surface area contributed by atoms with Crippen LogP contribution in [-0.4, -0.2) is 28.8 Å². The molecule has 8 nitrogen and oxygen atoms in total. The minimum Gasteiger partial charge on any atom is -0.466 e. The van der Waals surface area contributed by atoms with Crippen LogP contribution < -0.4 is 4.74 Å². The molecule has 0 unspecified atom stereocenters. The van der Waals surface area contributed by atoms with Gasteiger partial charge in [-0.3, -0.25) is 14.9 Å². The Labute approximate surface area is 107 Å². The molecule has 0 amide bonds. The number of rotatable bonds is 5. The second kappa shape index (κ2) is 6.34. The Morgan fingerprint density at radius 1 is 1.42 bits per heavy atom. The van der Waals surface area contributed by atoms with Crippen molar-refractivity contribution in [1.29, 1.82) is 0 Å². The first-order valence-electron chi connectivity index (χ1n) is 5.21. The van der Waals surface area contributed by atoms with Gasteiger partial charge in [-0.25, -0.2) is 4.79 Å². The molecule has 0 bridgehead atoms. The molecule has 0 aliphatic carbocycles. The predicted molar refractivity (Wildman–Crippen MR) is 62.1 cm³/mol. The number of hydrogen-bond acceptors (Lipinski definition) is 6. The summed E-state index contributed by atoms with van der Waals surface area (Å²) in [6.45, 7) is 1.20. The Hall–Kier alpha value is -2.64. The van der Waals surface area contributed by atoms with Gasteiger partial charge in [0.05, 0.1) is 11.5 Å². The van der Waals surface area contributed by atoms with Crippen molar-refractivity contribution in [3.63, 3.8) is 0 Å². The number of benzene rings is 1. The first-order valence-corrected chi connectivity index (χ1v) is 5.21. The van der Waals surface area contributed by atoms with E-state index in [4.69, 9.17) is 9.84 Å². The number of nitro benzene ring substituents is 1. The number of non-ortho nitro benzene ring substituents is 1. The van der Waals surface area contributed by atoms with Gasteiger partial charge in [-0.2, -0.15) is 0 Å². The maximum Gasteiger partial charge on any atom is 0.511 e. The van der Waals surface area contributed by atoms with Crippen LogP contribution in [0.25, 0.3) is 0 Å². The Bertz CT molecular complexity index is 512. The Morgan fingerprint density at radius 2 is 2.11 bits per heavy atom. The number of esters is 1. The fourth-order valence-electron chi connectivity index (χ4n) is 1.37. The highest BCUT2D eigenvalue weighted by molar-refractivity contribution is 5.66. The first kappa shape index (κ1) is 14.4. The third-order valence-electron chi connectivity index (χ3n) is 2.13. The first-order chi connectivity index (χ1) is 8.90. The number of ether oxygens (including phenoxy) is 2. The smallest absolute Gasteiger partial charge is 0.466 e. The molecule has 1 rings (SSSR count). The van der Waals surface area contributed by atoms with Gasteiger partial charge in [0.25, 0.3) is 5.69 Å². The lowest BCUT2D eigenvalue weighted by atomic mass is 10.1. The summed E-state index contributed by atoms with van der Waals surface area (Å²) in [5, 5.41) is 19.2. The highest BCUT2D eigenvalue weighted by atomic mass is 16.7. The minimum atomic E-state index is -1.53. The molecule has 0 radical (unpaired) electrons. The fourth-order valence-corrected chi connectivity index (χ4v) is 1.37. The van der Waals surface area contributed by atoms with Crippen molar-refractivity contribution in [2.24, 2.45) is 0 Å². The highest BCUT2D eigenvalue weighted by Gasteiger charge is 2.14. The van der Waals surface area contributed by atoms with Crippen molar-refractivity contribution in [3.05, 3.63) is 33.9 Å². The molecule has 0 heterocycles. The molecule has 19 heavy (non-hydrogen) atoms. The molecule has 0 spiro atoms. The van der Waals surface area contributed by atoms with Gasteiger partial charge in [0.15, 0.2) is 0 Å². The van der Waals surface area contributed by atoms with E-state index in [2.05, 4.69) is 4.74 Å². The Kier molecular flexibility index (Phi) is 4.81. The van der Waals surface area contributed by atoms with Gasteiger partial charge in [0, 0.05) is 31.0 Å². The Morgan fingerprint density at radius 3 is 2.63 bits per heavy atom. The van der Waals surface area contributed by atoms with Gasteiger partial charge in [0.2, 0.25) is 0 Å². The molecular formula is C11H11NO7. The van der Waals surface area contributed by atoms with Gasteiger partial charge in [-0.1, -0.05) is 0 Å². The maximum atomic E-state index is 10.6. The van der Waals surface area contributed by atoms with Crippen LogP contribution in [0.2, 0.25) is 0 Å². The topological polar surface area (TPSA) is 116 Å². The summed E-state index contributed by atoms with van der Waals surface area (Å²) in [6, 6.07) is 3.50. The van der Waals surface area contributed by atoms with Crippen LogP contribution in [0.3, 0.4) is 0 Å². The zero-order valence-corrected chi connectivity index (χ0v) is 9.99. The van der Waals surface area contributed by atoms with E-state index in [1.165, 1.54) is 19.1 Å². The molecule has 8 heteroatoms.